The number of aromatic nitrogens is 1. The highest BCUT2D eigenvalue weighted by Crippen LogP contribution is 2.31. The Morgan fingerprint density at radius 1 is 1.07 bits per heavy atom. The Bertz CT molecular complexity index is 952. The molecule has 7 nitrogen and oxygen atoms in total. The summed E-state index contributed by atoms with van der Waals surface area (Å²) in [6.45, 7) is 4.61. The minimum Gasteiger partial charge on any atom is -0.366 e. The van der Waals surface area contributed by atoms with Crippen LogP contribution in [0.5, 0.6) is 0 Å². The number of carbonyl (C=O) groups excluding carboxylic acids is 3. The van der Waals surface area contributed by atoms with E-state index in [2.05, 4.69) is 10.3 Å². The van der Waals surface area contributed by atoms with Gasteiger partial charge in [0, 0.05) is 45.1 Å². The molecule has 1 N–H and O–H groups in total. The summed E-state index contributed by atoms with van der Waals surface area (Å²) in [6.07, 6.45) is 4.22. The lowest BCUT2D eigenvalue weighted by Gasteiger charge is -2.24. The minimum atomic E-state index is -0.320. The number of anilines is 1. The van der Waals surface area contributed by atoms with Crippen LogP contribution in [-0.2, 0) is 20.8 Å². The van der Waals surface area contributed by atoms with Gasteiger partial charge in [-0.25, -0.2) is 0 Å². The molecule has 0 aliphatic carbocycles. The molecule has 0 atom stereocenters. The first-order chi connectivity index (χ1) is 13.9. The summed E-state index contributed by atoms with van der Waals surface area (Å²) in [7, 11) is 1.50. The number of nitrogens with one attached hydrogen (secondary N) is 1. The number of benzene rings is 1. The predicted octanol–water partition coefficient (Wildman–Crippen LogP) is 2.31. The number of amides is 3. The highest BCUT2D eigenvalue weighted by atomic mass is 16.2. The largest absolute Gasteiger partial charge is 0.366 e. The number of rotatable bonds is 7. The summed E-state index contributed by atoms with van der Waals surface area (Å²) in [6, 6.07) is 10.8. The van der Waals surface area contributed by atoms with E-state index in [-0.39, 0.29) is 17.7 Å². The molecule has 1 aromatic heterocycles. The highest BCUT2D eigenvalue weighted by molar-refractivity contribution is 6.35. The van der Waals surface area contributed by atoms with Gasteiger partial charge in [0.25, 0.3) is 11.8 Å². The van der Waals surface area contributed by atoms with Crippen LogP contribution in [0.15, 0.2) is 54.5 Å². The lowest BCUT2D eigenvalue weighted by atomic mass is 10.0. The summed E-state index contributed by atoms with van der Waals surface area (Å²) in [4.78, 5) is 44.0. The third-order valence-corrected chi connectivity index (χ3v) is 4.87. The third-order valence-electron chi connectivity index (χ3n) is 4.87. The van der Waals surface area contributed by atoms with Crippen molar-refractivity contribution in [3.05, 3.63) is 65.6 Å². The van der Waals surface area contributed by atoms with Gasteiger partial charge < -0.3 is 10.2 Å². The first kappa shape index (κ1) is 20.3. The summed E-state index contributed by atoms with van der Waals surface area (Å²) in [5.74, 6) is -0.787. The molecule has 0 spiro atoms. The lowest BCUT2D eigenvalue weighted by Crippen LogP contribution is -2.33. The van der Waals surface area contributed by atoms with E-state index < -0.39 is 0 Å². The van der Waals surface area contributed by atoms with Crippen LogP contribution < -0.4 is 5.32 Å². The number of imide groups is 1. The number of likely N-dealkylation sites (N-methyl/N-ethyl adjacent to an activating group) is 2. The van der Waals surface area contributed by atoms with Crippen molar-refractivity contribution in [3.63, 3.8) is 0 Å². The fourth-order valence-electron chi connectivity index (χ4n) is 3.35. The predicted molar refractivity (Wildman–Crippen MR) is 111 cm³/mol. The Morgan fingerprint density at radius 2 is 1.72 bits per heavy atom. The molecule has 0 bridgehead atoms. The van der Waals surface area contributed by atoms with Crippen LogP contribution in [0.3, 0.4) is 0 Å². The maximum Gasteiger partial charge on any atom is 0.277 e. The van der Waals surface area contributed by atoms with Crippen molar-refractivity contribution in [1.29, 1.82) is 0 Å². The quantitative estimate of drug-likeness (QED) is 0.731. The van der Waals surface area contributed by atoms with E-state index in [1.807, 2.05) is 24.0 Å². The zero-order chi connectivity index (χ0) is 21.0. The Balaban J connectivity index is 1.93. The number of hydrogen-bond donors (Lipinski definition) is 1. The van der Waals surface area contributed by atoms with Crippen molar-refractivity contribution in [1.82, 2.24) is 14.8 Å². The average molecular weight is 392 g/mol. The van der Waals surface area contributed by atoms with Gasteiger partial charge in [-0.15, -0.1) is 0 Å². The van der Waals surface area contributed by atoms with Crippen molar-refractivity contribution in [3.8, 4) is 0 Å². The van der Waals surface area contributed by atoms with Gasteiger partial charge in [-0.3, -0.25) is 24.3 Å². The lowest BCUT2D eigenvalue weighted by molar-refractivity contribution is -0.136. The minimum absolute atomic E-state index is 0.169. The van der Waals surface area contributed by atoms with Crippen LogP contribution in [0.2, 0.25) is 0 Å². The fraction of sp³-hybridized carbons (Fsp3) is 0.273. The van der Waals surface area contributed by atoms with Gasteiger partial charge in [0.1, 0.15) is 5.70 Å². The molecule has 1 aliphatic rings. The van der Waals surface area contributed by atoms with Crippen LogP contribution >= 0.6 is 0 Å². The van der Waals surface area contributed by atoms with E-state index in [1.165, 1.54) is 14.0 Å². The van der Waals surface area contributed by atoms with Gasteiger partial charge in [-0.2, -0.15) is 0 Å². The van der Waals surface area contributed by atoms with Gasteiger partial charge in [-0.05, 0) is 48.7 Å². The zero-order valence-electron chi connectivity index (χ0n) is 16.8. The molecule has 0 radical (unpaired) electrons. The highest BCUT2D eigenvalue weighted by Gasteiger charge is 2.39. The molecule has 3 amide bonds. The number of pyridine rings is 1. The Hall–Kier alpha value is -3.48. The molecule has 7 heteroatoms. The smallest absolute Gasteiger partial charge is 0.277 e. The van der Waals surface area contributed by atoms with Crippen molar-refractivity contribution in [2.75, 3.05) is 25.5 Å². The van der Waals surface area contributed by atoms with E-state index in [0.717, 1.165) is 16.9 Å². The molecule has 0 fully saturated rings. The van der Waals surface area contributed by atoms with Crippen molar-refractivity contribution in [2.24, 2.45) is 0 Å². The maximum absolute atomic E-state index is 12.9. The molecule has 150 valence electrons. The van der Waals surface area contributed by atoms with Crippen LogP contribution in [0, 0.1) is 0 Å². The van der Waals surface area contributed by atoms with Crippen molar-refractivity contribution >= 4 is 29.0 Å². The summed E-state index contributed by atoms with van der Waals surface area (Å²) in [5.41, 5.74) is 3.22. The van der Waals surface area contributed by atoms with Crippen molar-refractivity contribution < 1.29 is 14.4 Å². The second-order valence-corrected chi connectivity index (χ2v) is 6.84. The summed E-state index contributed by atoms with van der Waals surface area (Å²) < 4.78 is 0. The second kappa shape index (κ2) is 8.68. The van der Waals surface area contributed by atoms with E-state index >= 15 is 0 Å². The van der Waals surface area contributed by atoms with Crippen molar-refractivity contribution in [2.45, 2.75) is 20.3 Å². The van der Waals surface area contributed by atoms with Crippen LogP contribution in [0.25, 0.3) is 5.57 Å². The topological polar surface area (TPSA) is 82.6 Å². The monoisotopic (exact) mass is 392 g/mol. The normalized spacial score (nSPS) is 13.8. The van der Waals surface area contributed by atoms with Crippen LogP contribution in [-0.4, -0.2) is 52.6 Å². The van der Waals surface area contributed by atoms with Gasteiger partial charge in [0.2, 0.25) is 5.91 Å². The average Bonchev–Trinajstić information content (AvgIpc) is 2.94. The molecule has 29 heavy (non-hydrogen) atoms. The number of hydrogen-bond acceptors (Lipinski definition) is 5. The molecule has 1 aliphatic heterocycles. The van der Waals surface area contributed by atoms with E-state index in [9.17, 15) is 14.4 Å². The third kappa shape index (κ3) is 4.34. The van der Waals surface area contributed by atoms with Gasteiger partial charge >= 0.3 is 0 Å². The second-order valence-electron chi connectivity index (χ2n) is 6.84. The molecule has 0 unspecified atom stereocenters. The standard InChI is InChI=1S/C22H24N4O3/c1-4-26(14-11-16-9-12-23-13-10-16)20-19(21(28)25(3)22(20)29)17-5-7-18(8-6-17)24-15(2)27/h5-10,12-13H,4,11,14H2,1-3H3,(H,24,27). The van der Waals surface area contributed by atoms with E-state index in [4.69, 9.17) is 0 Å². The van der Waals surface area contributed by atoms with Crippen LogP contribution in [0.1, 0.15) is 25.0 Å². The number of nitrogens with zero attached hydrogens (tertiary/aromatic N) is 3. The van der Waals surface area contributed by atoms with Gasteiger partial charge in [-0.1, -0.05) is 12.1 Å². The molecule has 0 saturated carbocycles. The Morgan fingerprint density at radius 3 is 2.31 bits per heavy atom. The molecule has 1 aromatic carbocycles. The van der Waals surface area contributed by atoms with Gasteiger partial charge in [0.05, 0.1) is 5.57 Å². The molecule has 0 saturated heterocycles. The van der Waals surface area contributed by atoms with E-state index in [1.54, 1.807) is 36.7 Å². The molecule has 3 rings (SSSR count). The van der Waals surface area contributed by atoms with Crippen LogP contribution in [0.4, 0.5) is 5.69 Å². The van der Waals surface area contributed by atoms with Gasteiger partial charge in [0.15, 0.2) is 0 Å². The summed E-state index contributed by atoms with van der Waals surface area (Å²) >= 11 is 0. The fourth-order valence-corrected chi connectivity index (χ4v) is 3.35. The zero-order valence-corrected chi connectivity index (χ0v) is 16.8. The first-order valence-corrected chi connectivity index (χ1v) is 9.51. The Kier molecular flexibility index (Phi) is 6.07. The maximum atomic E-state index is 12.9. The number of carbonyl (C=O) groups is 3. The van der Waals surface area contributed by atoms with E-state index in [0.29, 0.717) is 35.6 Å². The summed E-state index contributed by atoms with van der Waals surface area (Å²) in [5, 5.41) is 2.70. The molecule has 2 heterocycles. The SMILES string of the molecule is CCN(CCc1ccncc1)C1=C(c2ccc(NC(C)=O)cc2)C(=O)N(C)C1=O. The molecule has 2 aromatic rings. The molecular formula is C22H24N4O3. The Labute approximate surface area is 170 Å². The first-order valence-electron chi connectivity index (χ1n) is 9.51. The molecular weight excluding hydrogens is 368 g/mol.